The van der Waals surface area contributed by atoms with Gasteiger partial charge in [0.2, 0.25) is 5.91 Å². The Hall–Kier alpha value is -0.500. The first-order valence-electron chi connectivity index (χ1n) is 22.4. The van der Waals surface area contributed by atoms with E-state index < -0.39 is 20.0 Å². The van der Waals surface area contributed by atoms with Gasteiger partial charge in [-0.3, -0.25) is 9.36 Å². The lowest BCUT2D eigenvalue weighted by Gasteiger charge is -2.30. The molecule has 0 saturated heterocycles. The molecule has 1 amide bonds. The van der Waals surface area contributed by atoms with Crippen LogP contribution in [0.1, 0.15) is 219 Å². The molecule has 0 spiro atoms. The number of quaternary nitrogens is 1. The van der Waals surface area contributed by atoms with Gasteiger partial charge in [-0.1, -0.05) is 200 Å². The Labute approximate surface area is 323 Å². The first kappa shape index (κ1) is 51.5. The Morgan fingerprint density at radius 3 is 1.31 bits per heavy atom. The second kappa shape index (κ2) is 36.2. The van der Waals surface area contributed by atoms with E-state index in [0.29, 0.717) is 23.9 Å². The summed E-state index contributed by atoms with van der Waals surface area (Å²) in [4.78, 5) is 25.2. The summed E-state index contributed by atoms with van der Waals surface area (Å²) >= 11 is 0. The minimum atomic E-state index is -4.55. The van der Waals surface area contributed by atoms with Gasteiger partial charge < -0.3 is 28.8 Å². The lowest BCUT2D eigenvalue weighted by atomic mass is 10.0. The summed E-state index contributed by atoms with van der Waals surface area (Å²) in [6, 6.07) is -0.791. The lowest BCUT2D eigenvalue weighted by molar-refractivity contribution is -0.870. The monoisotopic (exact) mass is 761 g/mol. The van der Waals surface area contributed by atoms with Crippen LogP contribution in [0.2, 0.25) is 0 Å². The number of hydrogen-bond acceptors (Lipinski definition) is 6. The molecular weight excluding hydrogens is 671 g/mol. The molecule has 52 heavy (non-hydrogen) atoms. The number of amides is 1. The van der Waals surface area contributed by atoms with Crippen LogP contribution in [0.3, 0.4) is 0 Å². The Morgan fingerprint density at radius 2 is 0.942 bits per heavy atom. The highest BCUT2D eigenvalue weighted by Crippen LogP contribution is 2.38. The van der Waals surface area contributed by atoms with Crippen LogP contribution in [0.25, 0.3) is 0 Å². The molecular formula is C43H89N2O6P. The molecule has 8 nitrogen and oxygen atoms in total. The molecule has 0 aromatic carbocycles. The minimum absolute atomic E-state index is 0.0159. The first-order valence-corrected chi connectivity index (χ1v) is 23.8. The molecule has 3 unspecified atom stereocenters. The Balaban J connectivity index is 4.24. The molecule has 2 N–H and O–H groups in total. The maximum absolute atomic E-state index is 12.8. The highest BCUT2D eigenvalue weighted by atomic mass is 31.2. The van der Waals surface area contributed by atoms with Crippen LogP contribution in [0, 0.1) is 0 Å². The normalized spacial score (nSPS) is 14.4. The number of nitrogens with zero attached hydrogens (tertiary/aromatic N) is 1. The zero-order valence-corrected chi connectivity index (χ0v) is 36.2. The fourth-order valence-corrected chi connectivity index (χ4v) is 7.47. The molecule has 3 atom stereocenters. The molecule has 0 bridgehead atoms. The van der Waals surface area contributed by atoms with Crippen molar-refractivity contribution in [3.8, 4) is 0 Å². The number of rotatable bonds is 41. The van der Waals surface area contributed by atoms with Crippen molar-refractivity contribution in [2.75, 3.05) is 40.9 Å². The van der Waals surface area contributed by atoms with Crippen molar-refractivity contribution >= 4 is 13.7 Å². The van der Waals surface area contributed by atoms with Crippen molar-refractivity contribution in [2.45, 2.75) is 231 Å². The predicted molar refractivity (Wildman–Crippen MR) is 219 cm³/mol. The quantitative estimate of drug-likeness (QED) is 0.0365. The number of nitrogens with one attached hydrogen (secondary N) is 1. The average Bonchev–Trinajstić information content (AvgIpc) is 3.09. The topological polar surface area (TPSA) is 108 Å². The summed E-state index contributed by atoms with van der Waals surface area (Å²) < 4.78 is 23.2. The SMILES string of the molecule is CCCCCCCCCCCCCCCCCCCCCCC(O)C(COP(=O)([O-])OCC[N+](C)(C)C)NC(=O)CCCCCCCCCCCC. The number of aliphatic hydroxyl groups excluding tert-OH is 1. The van der Waals surface area contributed by atoms with Crippen LogP contribution in [0.15, 0.2) is 0 Å². The number of carbonyl (C=O) groups is 1. The highest BCUT2D eigenvalue weighted by molar-refractivity contribution is 7.45. The van der Waals surface area contributed by atoms with E-state index in [1.807, 2.05) is 21.1 Å². The summed E-state index contributed by atoms with van der Waals surface area (Å²) in [5.41, 5.74) is 0. The van der Waals surface area contributed by atoms with Gasteiger partial charge in [-0.05, 0) is 12.8 Å². The van der Waals surface area contributed by atoms with Gasteiger partial charge in [0.15, 0.2) is 0 Å². The van der Waals surface area contributed by atoms with Crippen molar-refractivity contribution in [2.24, 2.45) is 0 Å². The Morgan fingerprint density at radius 1 is 0.596 bits per heavy atom. The molecule has 312 valence electrons. The van der Waals surface area contributed by atoms with Crippen LogP contribution in [-0.2, 0) is 18.4 Å². The van der Waals surface area contributed by atoms with E-state index in [4.69, 9.17) is 9.05 Å². The van der Waals surface area contributed by atoms with E-state index >= 15 is 0 Å². The van der Waals surface area contributed by atoms with Gasteiger partial charge in [0.05, 0.1) is 39.9 Å². The minimum Gasteiger partial charge on any atom is -0.756 e. The van der Waals surface area contributed by atoms with Crippen molar-refractivity contribution in [3.05, 3.63) is 0 Å². The largest absolute Gasteiger partial charge is 0.756 e. The smallest absolute Gasteiger partial charge is 0.268 e. The fourth-order valence-electron chi connectivity index (χ4n) is 6.75. The first-order chi connectivity index (χ1) is 25.0. The van der Waals surface area contributed by atoms with Crippen LogP contribution in [-0.4, -0.2) is 68.5 Å². The standard InChI is InChI=1S/C43H89N2O6P/c1-6-8-10-12-14-16-18-19-20-21-22-23-24-25-26-27-28-30-32-34-36-42(46)41(40-51-52(48,49)50-39-38-45(3,4)5)44-43(47)37-35-33-31-29-17-15-13-11-9-7-2/h41-42,46H,6-40H2,1-5H3,(H-,44,47,48,49). The zero-order chi connectivity index (χ0) is 38.6. The molecule has 0 heterocycles. The summed E-state index contributed by atoms with van der Waals surface area (Å²) in [6.07, 6.45) is 38.2. The molecule has 9 heteroatoms. The summed E-state index contributed by atoms with van der Waals surface area (Å²) in [7, 11) is 1.32. The second-order valence-electron chi connectivity index (χ2n) is 16.8. The van der Waals surface area contributed by atoms with Crippen LogP contribution in [0.4, 0.5) is 0 Å². The van der Waals surface area contributed by atoms with Crippen LogP contribution < -0.4 is 10.2 Å². The Bertz CT molecular complexity index is 824. The van der Waals surface area contributed by atoms with E-state index in [-0.39, 0.29) is 19.1 Å². The number of phosphoric ester groups is 1. The van der Waals surface area contributed by atoms with E-state index in [0.717, 1.165) is 38.5 Å². The predicted octanol–water partition coefficient (Wildman–Crippen LogP) is 11.6. The summed E-state index contributed by atoms with van der Waals surface area (Å²) in [5.74, 6) is -0.164. The fraction of sp³-hybridized carbons (Fsp3) is 0.977. The summed E-state index contributed by atoms with van der Waals surface area (Å²) in [6.45, 7) is 4.72. The maximum Gasteiger partial charge on any atom is 0.268 e. The molecule has 0 aromatic rings. The molecule has 0 aromatic heterocycles. The van der Waals surface area contributed by atoms with Gasteiger partial charge in [0, 0.05) is 6.42 Å². The van der Waals surface area contributed by atoms with Crippen LogP contribution in [0.5, 0.6) is 0 Å². The van der Waals surface area contributed by atoms with Gasteiger partial charge >= 0.3 is 0 Å². The van der Waals surface area contributed by atoms with E-state index in [9.17, 15) is 19.4 Å². The van der Waals surface area contributed by atoms with Gasteiger partial charge in [-0.25, -0.2) is 0 Å². The summed E-state index contributed by atoms with van der Waals surface area (Å²) in [5, 5.41) is 13.9. The number of unbranched alkanes of at least 4 members (excludes halogenated alkanes) is 28. The Kier molecular flexibility index (Phi) is 35.8. The number of hydrogen-bond donors (Lipinski definition) is 2. The van der Waals surface area contributed by atoms with Crippen molar-refractivity contribution in [3.63, 3.8) is 0 Å². The third-order valence-electron chi connectivity index (χ3n) is 10.3. The molecule has 0 aliphatic carbocycles. The number of phosphoric acid groups is 1. The van der Waals surface area contributed by atoms with Crippen LogP contribution >= 0.6 is 7.82 Å². The van der Waals surface area contributed by atoms with E-state index in [1.54, 1.807) is 0 Å². The van der Waals surface area contributed by atoms with E-state index in [1.165, 1.54) is 154 Å². The zero-order valence-electron chi connectivity index (χ0n) is 35.3. The van der Waals surface area contributed by atoms with E-state index in [2.05, 4.69) is 19.2 Å². The molecule has 0 rings (SSSR count). The number of aliphatic hydroxyl groups is 1. The third-order valence-corrected chi connectivity index (χ3v) is 11.3. The van der Waals surface area contributed by atoms with Gasteiger partial charge in [-0.15, -0.1) is 0 Å². The number of likely N-dealkylation sites (N-methyl/N-ethyl adjacent to an activating group) is 1. The van der Waals surface area contributed by atoms with Crippen molar-refractivity contribution in [1.82, 2.24) is 5.32 Å². The number of carbonyl (C=O) groups excluding carboxylic acids is 1. The average molecular weight is 761 g/mol. The third kappa shape index (κ3) is 37.8. The molecule has 0 radical (unpaired) electrons. The molecule has 0 fully saturated rings. The second-order valence-corrected chi connectivity index (χ2v) is 18.2. The van der Waals surface area contributed by atoms with Gasteiger partial charge in [0.1, 0.15) is 13.2 Å². The molecule has 0 aliphatic rings. The van der Waals surface area contributed by atoms with Gasteiger partial charge in [-0.2, -0.15) is 0 Å². The van der Waals surface area contributed by atoms with Crippen molar-refractivity contribution in [1.29, 1.82) is 0 Å². The maximum atomic E-state index is 12.8. The van der Waals surface area contributed by atoms with Gasteiger partial charge in [0.25, 0.3) is 7.82 Å². The molecule has 0 aliphatic heterocycles. The van der Waals surface area contributed by atoms with Crippen molar-refractivity contribution < 1.29 is 32.9 Å². The highest BCUT2D eigenvalue weighted by Gasteiger charge is 2.24. The lowest BCUT2D eigenvalue weighted by Crippen LogP contribution is -2.46. The molecule has 0 saturated carbocycles.